The fraction of sp³-hybridized carbons (Fsp3) is 0.130. The van der Waals surface area contributed by atoms with Crippen LogP contribution in [0.2, 0.25) is 0 Å². The largest absolute Gasteiger partial charge is 0.485 e. The number of hydrogen-bond donors (Lipinski definition) is 0. The minimum Gasteiger partial charge on any atom is -0.485 e. The maximum Gasteiger partial charge on any atom is 0.351 e. The summed E-state index contributed by atoms with van der Waals surface area (Å²) in [7, 11) is 0. The van der Waals surface area contributed by atoms with E-state index in [1.165, 1.54) is 0 Å². The number of carbonyl (C=O) groups is 2. The first-order valence-corrected chi connectivity index (χ1v) is 8.94. The number of benzene rings is 3. The lowest BCUT2D eigenvalue weighted by atomic mass is 10.0. The predicted octanol–water partition coefficient (Wildman–Crippen LogP) is 3.92. The summed E-state index contributed by atoms with van der Waals surface area (Å²) in [4.78, 5) is 24.5. The van der Waals surface area contributed by atoms with Gasteiger partial charge in [0.25, 0.3) is 0 Å². The molecule has 5 nitrogen and oxygen atoms in total. The minimum absolute atomic E-state index is 0.0514. The molecule has 1 aliphatic rings. The van der Waals surface area contributed by atoms with Gasteiger partial charge in [-0.25, -0.2) is 4.79 Å². The molecule has 0 saturated carbocycles. The normalized spacial score (nSPS) is 14.9. The maximum absolute atomic E-state index is 12.3. The van der Waals surface area contributed by atoms with Gasteiger partial charge in [0.1, 0.15) is 6.61 Å². The van der Waals surface area contributed by atoms with E-state index in [0.717, 1.165) is 11.1 Å². The predicted molar refractivity (Wildman–Crippen MR) is 104 cm³/mol. The smallest absolute Gasteiger partial charge is 0.351 e. The summed E-state index contributed by atoms with van der Waals surface area (Å²) in [5, 5.41) is 0. The lowest BCUT2D eigenvalue weighted by Gasteiger charge is -2.24. The van der Waals surface area contributed by atoms with Crippen molar-refractivity contribution in [1.29, 1.82) is 0 Å². The van der Waals surface area contributed by atoms with Crippen molar-refractivity contribution < 1.29 is 23.8 Å². The Morgan fingerprint density at radius 3 is 2.21 bits per heavy atom. The van der Waals surface area contributed by atoms with Crippen molar-refractivity contribution in [2.45, 2.75) is 6.10 Å². The molecular formula is C23H18O5. The van der Waals surface area contributed by atoms with E-state index in [-0.39, 0.29) is 19.0 Å². The van der Waals surface area contributed by atoms with Gasteiger partial charge in [0, 0.05) is 5.56 Å². The third-order valence-corrected chi connectivity index (χ3v) is 4.43. The van der Waals surface area contributed by atoms with Crippen LogP contribution in [-0.2, 0) is 9.53 Å². The standard InChI is InChI=1S/C23H18O5/c24-19(18-12-10-17(11-13-18)16-6-2-1-3-7-16)14-27-23(25)22-15-26-20-8-4-5-9-21(20)28-22/h1-13,22H,14-15H2/t22-/m1/s1. The molecule has 0 unspecified atom stereocenters. The van der Waals surface area contributed by atoms with Gasteiger partial charge in [-0.3, -0.25) is 4.79 Å². The van der Waals surface area contributed by atoms with Crippen LogP contribution in [0.4, 0.5) is 0 Å². The van der Waals surface area contributed by atoms with Gasteiger partial charge in [-0.2, -0.15) is 0 Å². The number of hydrogen-bond acceptors (Lipinski definition) is 5. The molecule has 0 aromatic heterocycles. The molecule has 0 amide bonds. The average Bonchev–Trinajstić information content (AvgIpc) is 2.77. The molecule has 28 heavy (non-hydrogen) atoms. The van der Waals surface area contributed by atoms with E-state index in [0.29, 0.717) is 17.1 Å². The molecule has 3 aromatic carbocycles. The highest BCUT2D eigenvalue weighted by Crippen LogP contribution is 2.31. The van der Waals surface area contributed by atoms with Crippen LogP contribution in [0.25, 0.3) is 11.1 Å². The van der Waals surface area contributed by atoms with Gasteiger partial charge in [-0.1, -0.05) is 66.7 Å². The highest BCUT2D eigenvalue weighted by molar-refractivity contribution is 5.98. The number of rotatable bonds is 5. The first-order valence-electron chi connectivity index (χ1n) is 8.94. The number of fused-ring (bicyclic) bond motifs is 1. The van der Waals surface area contributed by atoms with Crippen LogP contribution in [0, 0.1) is 0 Å². The Hall–Kier alpha value is -3.60. The first kappa shape index (κ1) is 17.8. The molecule has 1 aliphatic heterocycles. The summed E-state index contributed by atoms with van der Waals surface area (Å²) >= 11 is 0. The Balaban J connectivity index is 1.34. The van der Waals surface area contributed by atoms with E-state index in [4.69, 9.17) is 14.2 Å². The van der Waals surface area contributed by atoms with Crippen LogP contribution in [0.5, 0.6) is 11.5 Å². The number of ether oxygens (including phenoxy) is 3. The number of ketones is 1. The SMILES string of the molecule is O=C(COC(=O)[C@H]1COc2ccccc2O1)c1ccc(-c2ccccc2)cc1. The Morgan fingerprint density at radius 2 is 1.46 bits per heavy atom. The highest BCUT2D eigenvalue weighted by atomic mass is 16.6. The fourth-order valence-electron chi connectivity index (χ4n) is 2.93. The Kier molecular flexibility index (Phi) is 5.06. The zero-order chi connectivity index (χ0) is 19.3. The Labute approximate surface area is 162 Å². The topological polar surface area (TPSA) is 61.8 Å². The molecule has 0 radical (unpaired) electrons. The fourth-order valence-corrected chi connectivity index (χ4v) is 2.93. The molecule has 0 N–H and O–H groups in total. The first-order chi connectivity index (χ1) is 13.7. The third-order valence-electron chi connectivity index (χ3n) is 4.43. The monoisotopic (exact) mass is 374 g/mol. The molecule has 1 atom stereocenters. The maximum atomic E-state index is 12.3. The molecule has 3 aromatic rings. The number of esters is 1. The van der Waals surface area contributed by atoms with Gasteiger partial charge in [0.05, 0.1) is 0 Å². The lowest BCUT2D eigenvalue weighted by molar-refractivity contribution is -0.153. The van der Waals surface area contributed by atoms with Crippen LogP contribution in [-0.4, -0.2) is 31.1 Å². The van der Waals surface area contributed by atoms with E-state index in [9.17, 15) is 9.59 Å². The van der Waals surface area contributed by atoms with Crippen molar-refractivity contribution in [3.05, 3.63) is 84.4 Å². The molecule has 140 valence electrons. The van der Waals surface area contributed by atoms with Crippen molar-refractivity contribution in [3.8, 4) is 22.6 Å². The quantitative estimate of drug-likeness (QED) is 0.500. The molecule has 0 fully saturated rings. The van der Waals surface area contributed by atoms with Crippen molar-refractivity contribution in [2.75, 3.05) is 13.2 Å². The van der Waals surface area contributed by atoms with Crippen molar-refractivity contribution in [3.63, 3.8) is 0 Å². The molecule has 5 heteroatoms. The highest BCUT2D eigenvalue weighted by Gasteiger charge is 2.29. The Morgan fingerprint density at radius 1 is 0.821 bits per heavy atom. The van der Waals surface area contributed by atoms with E-state index in [2.05, 4.69) is 0 Å². The van der Waals surface area contributed by atoms with E-state index < -0.39 is 12.1 Å². The summed E-state index contributed by atoms with van der Waals surface area (Å²) in [6, 6.07) is 24.2. The molecule has 0 bridgehead atoms. The lowest BCUT2D eigenvalue weighted by Crippen LogP contribution is -2.38. The minimum atomic E-state index is -0.886. The zero-order valence-corrected chi connectivity index (χ0v) is 15.0. The summed E-state index contributed by atoms with van der Waals surface area (Å²) in [6.45, 7) is -0.291. The van der Waals surface area contributed by atoms with Crippen molar-refractivity contribution >= 4 is 11.8 Å². The van der Waals surface area contributed by atoms with Crippen LogP contribution in [0.15, 0.2) is 78.9 Å². The second-order valence-corrected chi connectivity index (χ2v) is 6.34. The van der Waals surface area contributed by atoms with Crippen LogP contribution >= 0.6 is 0 Å². The van der Waals surface area contributed by atoms with Gasteiger partial charge in [0.2, 0.25) is 6.10 Å². The summed E-state index contributed by atoms with van der Waals surface area (Å²) in [6.07, 6.45) is -0.886. The summed E-state index contributed by atoms with van der Waals surface area (Å²) < 4.78 is 16.2. The van der Waals surface area contributed by atoms with E-state index in [1.54, 1.807) is 30.3 Å². The number of para-hydroxylation sites is 2. The summed E-state index contributed by atoms with van der Waals surface area (Å²) in [5.41, 5.74) is 2.57. The van der Waals surface area contributed by atoms with Crippen molar-refractivity contribution in [1.82, 2.24) is 0 Å². The molecule has 0 saturated heterocycles. The number of Topliss-reactive ketones (excluding diaryl/α,β-unsaturated/α-hetero) is 1. The molecular weight excluding hydrogens is 356 g/mol. The van der Waals surface area contributed by atoms with Crippen molar-refractivity contribution in [2.24, 2.45) is 0 Å². The number of carbonyl (C=O) groups excluding carboxylic acids is 2. The summed E-state index contributed by atoms with van der Waals surface area (Å²) in [5.74, 6) is 0.175. The van der Waals surface area contributed by atoms with Gasteiger partial charge in [-0.15, -0.1) is 0 Å². The molecule has 0 spiro atoms. The van der Waals surface area contributed by atoms with Gasteiger partial charge >= 0.3 is 5.97 Å². The van der Waals surface area contributed by atoms with Gasteiger partial charge in [-0.05, 0) is 23.3 Å². The zero-order valence-electron chi connectivity index (χ0n) is 15.0. The molecule has 0 aliphatic carbocycles. The van der Waals surface area contributed by atoms with Gasteiger partial charge < -0.3 is 14.2 Å². The second kappa shape index (κ2) is 7.96. The van der Waals surface area contributed by atoms with E-state index >= 15 is 0 Å². The van der Waals surface area contributed by atoms with Gasteiger partial charge in [0.15, 0.2) is 23.9 Å². The molecule has 4 rings (SSSR count). The second-order valence-electron chi connectivity index (χ2n) is 6.34. The Bertz CT molecular complexity index is 979. The van der Waals surface area contributed by atoms with E-state index in [1.807, 2.05) is 48.5 Å². The van der Waals surface area contributed by atoms with Crippen LogP contribution in [0.3, 0.4) is 0 Å². The van der Waals surface area contributed by atoms with Crippen LogP contribution < -0.4 is 9.47 Å². The molecule has 1 heterocycles. The average molecular weight is 374 g/mol. The third kappa shape index (κ3) is 3.88. The van der Waals surface area contributed by atoms with Crippen LogP contribution in [0.1, 0.15) is 10.4 Å².